The molecule has 0 aliphatic rings. The molecular formula is C14H11O3. The van der Waals surface area contributed by atoms with Gasteiger partial charge in [0.1, 0.15) is 6.61 Å². The second-order valence-electron chi connectivity index (χ2n) is 3.59. The molecule has 0 aliphatic heterocycles. The summed E-state index contributed by atoms with van der Waals surface area (Å²) >= 11 is 0. The van der Waals surface area contributed by atoms with E-state index in [9.17, 15) is 9.90 Å². The van der Waals surface area contributed by atoms with E-state index < -0.39 is 5.97 Å². The van der Waals surface area contributed by atoms with Crippen LogP contribution in [0.1, 0.15) is 15.9 Å². The highest BCUT2D eigenvalue weighted by Crippen LogP contribution is 2.12. The number of carbonyl (C=O) groups excluding carboxylic acids is 1. The van der Waals surface area contributed by atoms with Gasteiger partial charge in [-0.1, -0.05) is 30.3 Å². The molecule has 1 radical (unpaired) electrons. The number of rotatable bonds is 3. The number of ether oxygens (including phenoxy) is 1. The molecule has 0 fully saturated rings. The Kier molecular flexibility index (Phi) is 3.40. The van der Waals surface area contributed by atoms with Crippen molar-refractivity contribution < 1.29 is 14.6 Å². The van der Waals surface area contributed by atoms with Crippen molar-refractivity contribution in [1.82, 2.24) is 0 Å². The lowest BCUT2D eigenvalue weighted by atomic mass is 10.2. The maximum Gasteiger partial charge on any atom is 0.338 e. The molecule has 85 valence electrons. The summed E-state index contributed by atoms with van der Waals surface area (Å²) in [6, 6.07) is 15.1. The normalized spacial score (nSPS) is 9.88. The average molecular weight is 227 g/mol. The summed E-state index contributed by atoms with van der Waals surface area (Å²) in [7, 11) is 0. The summed E-state index contributed by atoms with van der Waals surface area (Å²) < 4.78 is 5.11. The summed E-state index contributed by atoms with van der Waals surface area (Å²) in [5, 5.41) is 10.9. The lowest BCUT2D eigenvalue weighted by Gasteiger charge is -2.04. The Labute approximate surface area is 99.3 Å². The van der Waals surface area contributed by atoms with Gasteiger partial charge in [0.25, 0.3) is 0 Å². The fourth-order valence-electron chi connectivity index (χ4n) is 1.40. The first-order valence-corrected chi connectivity index (χ1v) is 5.24. The number of hydrogen-bond donors (Lipinski definition) is 0. The molecule has 2 aromatic carbocycles. The Balaban J connectivity index is 1.96. The van der Waals surface area contributed by atoms with E-state index in [-0.39, 0.29) is 12.4 Å². The van der Waals surface area contributed by atoms with Crippen LogP contribution < -0.4 is 0 Å². The summed E-state index contributed by atoms with van der Waals surface area (Å²) in [6.45, 7) is 0.235. The fourth-order valence-corrected chi connectivity index (χ4v) is 1.40. The lowest BCUT2D eigenvalue weighted by molar-refractivity contribution is 0.0472. The van der Waals surface area contributed by atoms with E-state index in [0.717, 1.165) is 5.56 Å². The molecule has 0 amide bonds. The Bertz CT molecular complexity index is 489. The zero-order chi connectivity index (χ0) is 12.1. The monoisotopic (exact) mass is 227 g/mol. The summed E-state index contributed by atoms with van der Waals surface area (Å²) in [5.74, 6) is -0.543. The largest absolute Gasteiger partial charge is 0.457 e. The first-order chi connectivity index (χ1) is 8.25. The van der Waals surface area contributed by atoms with Crippen LogP contribution in [0.4, 0.5) is 0 Å². The van der Waals surface area contributed by atoms with Gasteiger partial charge in [-0.15, -0.1) is 0 Å². The molecule has 3 nitrogen and oxygen atoms in total. The highest BCUT2D eigenvalue weighted by atomic mass is 16.5. The second kappa shape index (κ2) is 5.16. The van der Waals surface area contributed by atoms with Gasteiger partial charge in [0.15, 0.2) is 5.75 Å². The Morgan fingerprint density at radius 2 is 1.59 bits per heavy atom. The molecule has 0 spiro atoms. The third-order valence-corrected chi connectivity index (χ3v) is 2.30. The predicted octanol–water partition coefficient (Wildman–Crippen LogP) is 3.19. The zero-order valence-electron chi connectivity index (χ0n) is 9.13. The third kappa shape index (κ3) is 3.08. The number of benzene rings is 2. The van der Waals surface area contributed by atoms with Gasteiger partial charge in [0.2, 0.25) is 0 Å². The molecule has 0 aliphatic carbocycles. The van der Waals surface area contributed by atoms with Gasteiger partial charge in [0, 0.05) is 0 Å². The van der Waals surface area contributed by atoms with Crippen LogP contribution in [0.3, 0.4) is 0 Å². The summed E-state index contributed by atoms with van der Waals surface area (Å²) in [5.41, 5.74) is 1.32. The van der Waals surface area contributed by atoms with Crippen molar-refractivity contribution in [1.29, 1.82) is 0 Å². The minimum atomic E-state index is -0.422. The van der Waals surface area contributed by atoms with Crippen LogP contribution >= 0.6 is 0 Å². The minimum Gasteiger partial charge on any atom is -0.457 e. The van der Waals surface area contributed by atoms with Crippen molar-refractivity contribution >= 4 is 5.97 Å². The Morgan fingerprint density at radius 1 is 0.941 bits per heavy atom. The summed E-state index contributed by atoms with van der Waals surface area (Å²) in [4.78, 5) is 11.6. The quantitative estimate of drug-likeness (QED) is 0.756. The fraction of sp³-hybridized carbons (Fsp3) is 0.0714. The van der Waals surface area contributed by atoms with Gasteiger partial charge >= 0.3 is 5.97 Å². The first kappa shape index (κ1) is 11.2. The highest BCUT2D eigenvalue weighted by molar-refractivity contribution is 5.89. The van der Waals surface area contributed by atoms with Gasteiger partial charge in [0.05, 0.1) is 5.56 Å². The summed E-state index contributed by atoms with van der Waals surface area (Å²) in [6.07, 6.45) is 0. The van der Waals surface area contributed by atoms with E-state index in [0.29, 0.717) is 5.56 Å². The van der Waals surface area contributed by atoms with E-state index >= 15 is 0 Å². The second-order valence-corrected chi connectivity index (χ2v) is 3.59. The molecule has 0 heterocycles. The van der Waals surface area contributed by atoms with Crippen molar-refractivity contribution in [2.75, 3.05) is 0 Å². The van der Waals surface area contributed by atoms with Gasteiger partial charge in [-0.3, -0.25) is 5.11 Å². The van der Waals surface area contributed by atoms with Crippen LogP contribution in [-0.4, -0.2) is 5.97 Å². The van der Waals surface area contributed by atoms with E-state index in [1.54, 1.807) is 0 Å². The van der Waals surface area contributed by atoms with Crippen molar-refractivity contribution in [3.8, 4) is 5.75 Å². The third-order valence-electron chi connectivity index (χ3n) is 2.30. The van der Waals surface area contributed by atoms with Crippen LogP contribution in [0.2, 0.25) is 0 Å². The van der Waals surface area contributed by atoms with E-state index in [4.69, 9.17) is 4.74 Å². The average Bonchev–Trinajstić information content (AvgIpc) is 2.38. The molecule has 0 N–H and O–H groups in total. The standard InChI is InChI=1S/C14H11O3/c15-13-8-6-12(7-9-13)14(16)17-10-11-4-2-1-3-5-11/h1-9H,10H2. The zero-order valence-corrected chi connectivity index (χ0v) is 9.13. The van der Waals surface area contributed by atoms with Crippen LogP contribution in [0.15, 0.2) is 54.6 Å². The molecule has 0 bridgehead atoms. The Hall–Kier alpha value is -2.29. The first-order valence-electron chi connectivity index (χ1n) is 5.24. The maximum absolute atomic E-state index is 11.6. The van der Waals surface area contributed by atoms with E-state index in [1.165, 1.54) is 24.3 Å². The van der Waals surface area contributed by atoms with Crippen LogP contribution in [0.25, 0.3) is 0 Å². The molecule has 3 heteroatoms. The van der Waals surface area contributed by atoms with Gasteiger partial charge in [-0.05, 0) is 29.8 Å². The molecule has 2 aromatic rings. The van der Waals surface area contributed by atoms with Crippen LogP contribution in [-0.2, 0) is 16.5 Å². The lowest BCUT2D eigenvalue weighted by Crippen LogP contribution is -2.04. The van der Waals surface area contributed by atoms with Gasteiger partial charge < -0.3 is 4.74 Å². The van der Waals surface area contributed by atoms with Crippen molar-refractivity contribution in [2.45, 2.75) is 6.61 Å². The molecule has 0 saturated heterocycles. The molecule has 2 rings (SSSR count). The molecule has 0 atom stereocenters. The predicted molar refractivity (Wildman–Crippen MR) is 62.1 cm³/mol. The van der Waals surface area contributed by atoms with Crippen molar-refractivity contribution in [3.63, 3.8) is 0 Å². The number of esters is 1. The van der Waals surface area contributed by atoms with Crippen LogP contribution in [0.5, 0.6) is 5.75 Å². The maximum atomic E-state index is 11.6. The molecular weight excluding hydrogens is 216 g/mol. The number of hydrogen-bond acceptors (Lipinski definition) is 2. The molecule has 0 saturated carbocycles. The molecule has 0 unspecified atom stereocenters. The smallest absolute Gasteiger partial charge is 0.338 e. The van der Waals surface area contributed by atoms with Crippen molar-refractivity contribution in [2.24, 2.45) is 0 Å². The van der Waals surface area contributed by atoms with Crippen molar-refractivity contribution in [3.05, 3.63) is 65.7 Å². The Morgan fingerprint density at radius 3 is 2.24 bits per heavy atom. The van der Waals surface area contributed by atoms with Gasteiger partial charge in [-0.2, -0.15) is 0 Å². The van der Waals surface area contributed by atoms with Gasteiger partial charge in [-0.25, -0.2) is 4.79 Å². The van der Waals surface area contributed by atoms with Crippen LogP contribution in [0, 0.1) is 0 Å². The molecule has 0 aromatic heterocycles. The van der Waals surface area contributed by atoms with E-state index in [1.807, 2.05) is 30.3 Å². The highest BCUT2D eigenvalue weighted by Gasteiger charge is 2.07. The topological polar surface area (TPSA) is 46.2 Å². The molecule has 17 heavy (non-hydrogen) atoms. The van der Waals surface area contributed by atoms with E-state index in [2.05, 4.69) is 0 Å². The number of carbonyl (C=O) groups is 1. The SMILES string of the molecule is [O]c1ccc(C(=O)OCc2ccccc2)cc1. The minimum absolute atomic E-state index is 0.121.